The molecule has 26 heavy (non-hydrogen) atoms. The van der Waals surface area contributed by atoms with E-state index in [0.29, 0.717) is 25.6 Å². The van der Waals surface area contributed by atoms with E-state index in [1.54, 1.807) is 23.3 Å². The number of amides is 1. The third-order valence-corrected chi connectivity index (χ3v) is 4.09. The molecule has 0 fully saturated rings. The topological polar surface area (TPSA) is 78.9 Å². The van der Waals surface area contributed by atoms with Gasteiger partial charge in [0.25, 0.3) is 0 Å². The van der Waals surface area contributed by atoms with Crippen LogP contribution < -0.4 is 10.6 Å². The van der Waals surface area contributed by atoms with Crippen LogP contribution in [-0.4, -0.2) is 60.8 Å². The molecule has 1 amide bonds. The number of ether oxygens (including phenoxy) is 1. The number of likely N-dealkylation sites (N-methyl/N-ethyl adjacent to an activating group) is 1. The molecule has 150 valence electrons. The Morgan fingerprint density at radius 1 is 1.35 bits per heavy atom. The summed E-state index contributed by atoms with van der Waals surface area (Å²) in [4.78, 5) is 22.4. The highest BCUT2D eigenvalue weighted by atomic mass is 127. The van der Waals surface area contributed by atoms with Crippen molar-refractivity contribution in [1.29, 1.82) is 0 Å². The quantitative estimate of drug-likeness (QED) is 0.344. The number of carbonyl (C=O) groups is 1. The van der Waals surface area contributed by atoms with Gasteiger partial charge in [0.05, 0.1) is 10.7 Å². The second kappa shape index (κ2) is 12.3. The lowest BCUT2D eigenvalue weighted by atomic mass is 10.2. The third kappa shape index (κ3) is 10.1. The van der Waals surface area contributed by atoms with E-state index in [9.17, 15) is 4.79 Å². The fourth-order valence-corrected chi connectivity index (χ4v) is 2.71. The average Bonchev–Trinajstić information content (AvgIpc) is 2.93. The molecule has 0 unspecified atom stereocenters. The molecule has 1 heterocycles. The van der Waals surface area contributed by atoms with E-state index in [0.717, 1.165) is 23.7 Å². The number of halogens is 1. The number of aryl methyl sites for hydroxylation is 1. The van der Waals surface area contributed by atoms with Crippen LogP contribution in [-0.2, 0) is 11.2 Å². The van der Waals surface area contributed by atoms with E-state index in [4.69, 9.17) is 4.74 Å². The summed E-state index contributed by atoms with van der Waals surface area (Å²) in [6, 6.07) is 0. The van der Waals surface area contributed by atoms with Crippen LogP contribution in [0.4, 0.5) is 4.79 Å². The van der Waals surface area contributed by atoms with E-state index in [1.165, 1.54) is 0 Å². The van der Waals surface area contributed by atoms with E-state index < -0.39 is 5.60 Å². The minimum Gasteiger partial charge on any atom is -0.444 e. The first-order valence-corrected chi connectivity index (χ1v) is 9.46. The molecule has 0 bridgehead atoms. The Kier molecular flexibility index (Phi) is 11.8. The average molecular weight is 497 g/mol. The van der Waals surface area contributed by atoms with Gasteiger partial charge in [0.1, 0.15) is 5.60 Å². The number of guanidine groups is 1. The number of aromatic nitrogens is 1. The number of hydrogen-bond acceptors (Lipinski definition) is 5. The summed E-state index contributed by atoms with van der Waals surface area (Å²) >= 11 is 1.66. The lowest BCUT2D eigenvalue weighted by molar-refractivity contribution is 0.0264. The Bertz CT molecular complexity index is 572. The zero-order valence-electron chi connectivity index (χ0n) is 16.6. The number of carbonyl (C=O) groups excluding carboxylic acids is 1. The lowest BCUT2D eigenvalue weighted by Crippen LogP contribution is -2.44. The molecule has 1 aromatic rings. The second-order valence-corrected chi connectivity index (χ2v) is 7.66. The van der Waals surface area contributed by atoms with E-state index >= 15 is 0 Å². The first-order chi connectivity index (χ1) is 11.7. The van der Waals surface area contributed by atoms with Crippen molar-refractivity contribution >= 4 is 47.4 Å². The van der Waals surface area contributed by atoms with Gasteiger partial charge in [0, 0.05) is 45.0 Å². The number of hydrogen-bond donors (Lipinski definition) is 2. The number of nitrogens with one attached hydrogen (secondary N) is 2. The normalized spacial score (nSPS) is 11.5. The lowest BCUT2D eigenvalue weighted by Gasteiger charge is -2.26. The van der Waals surface area contributed by atoms with Gasteiger partial charge in [0.2, 0.25) is 0 Å². The maximum Gasteiger partial charge on any atom is 0.410 e. The Morgan fingerprint density at radius 3 is 2.50 bits per heavy atom. The molecule has 2 N–H and O–H groups in total. The van der Waals surface area contributed by atoms with Gasteiger partial charge in [-0.05, 0) is 34.6 Å². The van der Waals surface area contributed by atoms with Crippen molar-refractivity contribution in [1.82, 2.24) is 20.5 Å². The predicted octanol–water partition coefficient (Wildman–Crippen LogP) is 3.03. The maximum absolute atomic E-state index is 12.1. The standard InChI is InChI=1S/C17H31N5O2S.HI/c1-7-22(16(23)24-17(3,4)5)11-10-20-15(18-6)19-9-8-14-12-25-13(2)21-14;/h12H,7-11H2,1-6H3,(H2,18,19,20);1H. The molecule has 0 aromatic carbocycles. The van der Waals surface area contributed by atoms with Gasteiger partial charge in [-0.2, -0.15) is 0 Å². The second-order valence-electron chi connectivity index (χ2n) is 6.59. The fourth-order valence-electron chi connectivity index (χ4n) is 2.07. The Labute approximate surface area is 178 Å². The summed E-state index contributed by atoms with van der Waals surface area (Å²) in [6.07, 6.45) is 0.558. The summed E-state index contributed by atoms with van der Waals surface area (Å²) < 4.78 is 5.40. The molecule has 0 saturated heterocycles. The highest BCUT2D eigenvalue weighted by molar-refractivity contribution is 14.0. The van der Waals surface area contributed by atoms with Crippen molar-refractivity contribution < 1.29 is 9.53 Å². The molecule has 0 spiro atoms. The Balaban J connectivity index is 0.00000625. The van der Waals surface area contributed by atoms with Crippen LogP contribution in [0.1, 0.15) is 38.4 Å². The molecule has 9 heteroatoms. The zero-order chi connectivity index (χ0) is 18.9. The molecule has 1 rings (SSSR count). The minimum absolute atomic E-state index is 0. The SMILES string of the molecule is CCN(CCNC(=NC)NCCc1csc(C)n1)C(=O)OC(C)(C)C.I. The van der Waals surface area contributed by atoms with Crippen molar-refractivity contribution in [2.75, 3.05) is 33.2 Å². The molecular weight excluding hydrogens is 465 g/mol. The highest BCUT2D eigenvalue weighted by Gasteiger charge is 2.20. The monoisotopic (exact) mass is 497 g/mol. The van der Waals surface area contributed by atoms with Gasteiger partial charge in [-0.25, -0.2) is 9.78 Å². The summed E-state index contributed by atoms with van der Waals surface area (Å²) in [5.74, 6) is 0.715. The highest BCUT2D eigenvalue weighted by Crippen LogP contribution is 2.09. The van der Waals surface area contributed by atoms with Gasteiger partial charge >= 0.3 is 6.09 Å². The minimum atomic E-state index is -0.483. The third-order valence-electron chi connectivity index (χ3n) is 3.27. The maximum atomic E-state index is 12.1. The number of thiazole rings is 1. The van der Waals surface area contributed by atoms with Gasteiger partial charge in [0.15, 0.2) is 5.96 Å². The van der Waals surface area contributed by atoms with Crippen molar-refractivity contribution in [2.24, 2.45) is 4.99 Å². The summed E-state index contributed by atoms with van der Waals surface area (Å²) in [5, 5.41) is 9.63. The number of nitrogens with zero attached hydrogens (tertiary/aromatic N) is 3. The van der Waals surface area contributed by atoms with Gasteiger partial charge < -0.3 is 20.3 Å². The van der Waals surface area contributed by atoms with Crippen LogP contribution >= 0.6 is 35.3 Å². The molecule has 0 radical (unpaired) electrons. The molecule has 7 nitrogen and oxygen atoms in total. The van der Waals surface area contributed by atoms with Gasteiger partial charge in [-0.3, -0.25) is 4.99 Å². The van der Waals surface area contributed by atoms with Crippen LogP contribution in [0.3, 0.4) is 0 Å². The van der Waals surface area contributed by atoms with Gasteiger partial charge in [-0.15, -0.1) is 35.3 Å². The van der Waals surface area contributed by atoms with E-state index in [2.05, 4.69) is 26.0 Å². The van der Waals surface area contributed by atoms with Crippen LogP contribution in [0, 0.1) is 6.92 Å². The molecule has 0 aliphatic rings. The fraction of sp³-hybridized carbons (Fsp3) is 0.706. The van der Waals surface area contributed by atoms with E-state index in [1.807, 2.05) is 34.6 Å². The van der Waals surface area contributed by atoms with E-state index in [-0.39, 0.29) is 30.1 Å². The molecule has 0 saturated carbocycles. The summed E-state index contributed by atoms with van der Waals surface area (Å²) in [7, 11) is 1.73. The summed E-state index contributed by atoms with van der Waals surface area (Å²) in [6.45, 7) is 12.1. The van der Waals surface area contributed by atoms with Crippen molar-refractivity contribution in [3.63, 3.8) is 0 Å². The van der Waals surface area contributed by atoms with Crippen molar-refractivity contribution in [3.05, 3.63) is 16.1 Å². The van der Waals surface area contributed by atoms with Crippen LogP contribution in [0.25, 0.3) is 0 Å². The molecule has 1 aromatic heterocycles. The van der Waals surface area contributed by atoms with Crippen molar-refractivity contribution in [2.45, 2.75) is 46.6 Å². The zero-order valence-corrected chi connectivity index (χ0v) is 19.7. The first kappa shape index (κ1) is 24.9. The number of rotatable bonds is 7. The van der Waals surface area contributed by atoms with Crippen molar-refractivity contribution in [3.8, 4) is 0 Å². The Hall–Kier alpha value is -1.10. The predicted molar refractivity (Wildman–Crippen MR) is 119 cm³/mol. The van der Waals surface area contributed by atoms with Crippen LogP contribution in [0.5, 0.6) is 0 Å². The molecule has 0 atom stereocenters. The van der Waals surface area contributed by atoms with Gasteiger partial charge in [-0.1, -0.05) is 0 Å². The molecule has 0 aliphatic heterocycles. The van der Waals surface area contributed by atoms with Crippen LogP contribution in [0.15, 0.2) is 10.4 Å². The van der Waals surface area contributed by atoms with Crippen LogP contribution in [0.2, 0.25) is 0 Å². The molecule has 0 aliphatic carbocycles. The summed E-state index contributed by atoms with van der Waals surface area (Å²) in [5.41, 5.74) is 0.608. The number of aliphatic imine (C=N–C) groups is 1. The largest absolute Gasteiger partial charge is 0.444 e. The Morgan fingerprint density at radius 2 is 2.00 bits per heavy atom. The smallest absolute Gasteiger partial charge is 0.410 e. The first-order valence-electron chi connectivity index (χ1n) is 8.58. The molecular formula is C17H32IN5O2S.